The van der Waals surface area contributed by atoms with Gasteiger partial charge in [-0.2, -0.15) is 0 Å². The lowest BCUT2D eigenvalue weighted by atomic mass is 9.94. The van der Waals surface area contributed by atoms with Crippen molar-refractivity contribution < 1.29 is 14.7 Å². The molecule has 0 spiro atoms. The first-order chi connectivity index (χ1) is 16.5. The van der Waals surface area contributed by atoms with Gasteiger partial charge in [0.1, 0.15) is 5.69 Å². The molecule has 0 aliphatic carbocycles. The SMILES string of the molecule is O=C(c1cc2ccccc2n1Cc1ccc(Cl)cc1)N1CCC(C(=O)N2CCC[C@@H]2CO)CC1. The van der Waals surface area contributed by atoms with Crippen LogP contribution in [0.3, 0.4) is 0 Å². The van der Waals surface area contributed by atoms with Gasteiger partial charge in [-0.1, -0.05) is 41.9 Å². The van der Waals surface area contributed by atoms with E-state index in [1.807, 2.05) is 64.4 Å². The molecule has 2 saturated heterocycles. The van der Waals surface area contributed by atoms with Crippen LogP contribution in [0.2, 0.25) is 5.02 Å². The fourth-order valence-corrected chi connectivity index (χ4v) is 5.50. The van der Waals surface area contributed by atoms with Crippen molar-refractivity contribution in [1.82, 2.24) is 14.4 Å². The molecule has 0 radical (unpaired) electrons. The minimum atomic E-state index is -0.0730. The Labute approximate surface area is 204 Å². The summed E-state index contributed by atoms with van der Waals surface area (Å²) in [7, 11) is 0. The summed E-state index contributed by atoms with van der Waals surface area (Å²) in [6, 6.07) is 17.7. The Morgan fingerprint density at radius 1 is 0.971 bits per heavy atom. The predicted molar refractivity (Wildman–Crippen MR) is 133 cm³/mol. The highest BCUT2D eigenvalue weighted by molar-refractivity contribution is 6.30. The van der Waals surface area contributed by atoms with Crippen LogP contribution >= 0.6 is 11.6 Å². The van der Waals surface area contributed by atoms with Crippen LogP contribution in [0, 0.1) is 5.92 Å². The number of carbonyl (C=O) groups excluding carboxylic acids is 2. The van der Waals surface area contributed by atoms with E-state index >= 15 is 0 Å². The van der Waals surface area contributed by atoms with Gasteiger partial charge in [-0.3, -0.25) is 9.59 Å². The first-order valence-electron chi connectivity index (χ1n) is 12.1. The number of nitrogens with zero attached hydrogens (tertiary/aromatic N) is 3. The Hall–Kier alpha value is -2.83. The smallest absolute Gasteiger partial charge is 0.270 e. The van der Waals surface area contributed by atoms with Crippen LogP contribution in [-0.4, -0.2) is 63.6 Å². The maximum absolute atomic E-state index is 13.6. The minimum absolute atomic E-state index is 0.00506. The molecular formula is C27H30ClN3O3. The van der Waals surface area contributed by atoms with Gasteiger partial charge in [0.15, 0.2) is 0 Å². The summed E-state index contributed by atoms with van der Waals surface area (Å²) < 4.78 is 2.08. The average molecular weight is 480 g/mol. The highest BCUT2D eigenvalue weighted by Gasteiger charge is 2.35. The van der Waals surface area contributed by atoms with Crippen LogP contribution < -0.4 is 0 Å². The summed E-state index contributed by atoms with van der Waals surface area (Å²) >= 11 is 6.06. The molecule has 0 saturated carbocycles. The molecule has 2 aliphatic heterocycles. The lowest BCUT2D eigenvalue weighted by Crippen LogP contribution is -2.46. The lowest BCUT2D eigenvalue weighted by Gasteiger charge is -2.34. The maximum Gasteiger partial charge on any atom is 0.270 e. The third-order valence-corrected chi connectivity index (χ3v) is 7.54. The minimum Gasteiger partial charge on any atom is -0.394 e. The highest BCUT2D eigenvalue weighted by Crippen LogP contribution is 2.28. The Bertz CT molecular complexity index is 1180. The zero-order valence-electron chi connectivity index (χ0n) is 19.2. The van der Waals surface area contributed by atoms with Crippen molar-refractivity contribution in [1.29, 1.82) is 0 Å². The number of rotatable bonds is 5. The van der Waals surface area contributed by atoms with E-state index in [0.29, 0.717) is 43.2 Å². The van der Waals surface area contributed by atoms with Crippen molar-refractivity contribution in [2.45, 2.75) is 38.3 Å². The monoisotopic (exact) mass is 479 g/mol. The summed E-state index contributed by atoms with van der Waals surface area (Å²) in [5, 5.41) is 11.3. The number of halogens is 1. The Balaban J connectivity index is 1.33. The molecule has 2 aliphatic rings. The molecule has 1 N–H and O–H groups in total. The number of aromatic nitrogens is 1. The van der Waals surface area contributed by atoms with Gasteiger partial charge in [-0.05, 0) is 55.5 Å². The summed E-state index contributed by atoms with van der Waals surface area (Å²) in [4.78, 5) is 30.4. The normalized spacial score (nSPS) is 19.2. The number of para-hydroxylation sites is 1. The fraction of sp³-hybridized carbons (Fsp3) is 0.407. The van der Waals surface area contributed by atoms with Crippen LogP contribution in [0.15, 0.2) is 54.6 Å². The summed E-state index contributed by atoms with van der Waals surface area (Å²) in [6.07, 6.45) is 3.15. The number of hydrogen-bond donors (Lipinski definition) is 1. The van der Waals surface area contributed by atoms with Crippen molar-refractivity contribution in [2.75, 3.05) is 26.2 Å². The molecule has 1 atom stereocenters. The molecule has 2 aromatic carbocycles. The van der Waals surface area contributed by atoms with Crippen molar-refractivity contribution >= 4 is 34.3 Å². The number of hydrogen-bond acceptors (Lipinski definition) is 3. The predicted octanol–water partition coefficient (Wildman–Crippen LogP) is 4.18. The summed E-state index contributed by atoms with van der Waals surface area (Å²) in [6.45, 7) is 2.47. The van der Waals surface area contributed by atoms with E-state index < -0.39 is 0 Å². The molecule has 0 unspecified atom stereocenters. The largest absolute Gasteiger partial charge is 0.394 e. The molecule has 2 fully saturated rings. The van der Waals surface area contributed by atoms with Gasteiger partial charge in [0.05, 0.1) is 12.6 Å². The van der Waals surface area contributed by atoms with Crippen molar-refractivity contribution in [3.05, 3.63) is 70.9 Å². The standard InChI is InChI=1S/C27H30ClN3O3/c28-22-9-7-19(8-10-22)17-31-24-6-2-1-4-21(24)16-25(31)27(34)29-14-11-20(12-15-29)26(33)30-13-3-5-23(30)18-32/h1-2,4,6-10,16,20,23,32H,3,5,11-15,17-18H2/t23-/m1/s1. The Morgan fingerprint density at radius 3 is 2.44 bits per heavy atom. The number of aliphatic hydroxyl groups excluding tert-OH is 1. The van der Waals surface area contributed by atoms with Gasteiger partial charge in [-0.15, -0.1) is 0 Å². The number of aliphatic hydroxyl groups is 1. The maximum atomic E-state index is 13.6. The lowest BCUT2D eigenvalue weighted by molar-refractivity contribution is -0.138. The Morgan fingerprint density at radius 2 is 1.71 bits per heavy atom. The molecule has 34 heavy (non-hydrogen) atoms. The second kappa shape index (κ2) is 9.80. The molecule has 7 heteroatoms. The van der Waals surface area contributed by atoms with Gasteiger partial charge in [-0.25, -0.2) is 0 Å². The number of benzene rings is 2. The molecule has 178 valence electrons. The molecule has 0 bridgehead atoms. The van der Waals surface area contributed by atoms with Crippen molar-refractivity contribution in [3.8, 4) is 0 Å². The van der Waals surface area contributed by atoms with E-state index in [1.54, 1.807) is 0 Å². The topological polar surface area (TPSA) is 65.8 Å². The number of likely N-dealkylation sites (tertiary alicyclic amines) is 2. The third-order valence-electron chi connectivity index (χ3n) is 7.29. The zero-order valence-corrected chi connectivity index (χ0v) is 20.0. The first kappa shape index (κ1) is 22.9. The van der Waals surface area contributed by atoms with Gasteiger partial charge in [0.25, 0.3) is 5.91 Å². The van der Waals surface area contributed by atoms with E-state index in [1.165, 1.54) is 0 Å². The molecule has 2 amide bonds. The number of fused-ring (bicyclic) bond motifs is 1. The second-order valence-corrected chi connectivity index (χ2v) is 9.81. The van der Waals surface area contributed by atoms with E-state index in [2.05, 4.69) is 4.57 Å². The van der Waals surface area contributed by atoms with Crippen molar-refractivity contribution in [3.63, 3.8) is 0 Å². The number of carbonyl (C=O) groups is 2. The van der Waals surface area contributed by atoms with Gasteiger partial charge >= 0.3 is 0 Å². The second-order valence-electron chi connectivity index (χ2n) is 9.38. The molecule has 5 rings (SSSR count). The van der Waals surface area contributed by atoms with Crippen LogP contribution in [-0.2, 0) is 11.3 Å². The van der Waals surface area contributed by atoms with Crippen LogP contribution in [0.4, 0.5) is 0 Å². The molecule has 6 nitrogen and oxygen atoms in total. The van der Waals surface area contributed by atoms with Gasteiger partial charge < -0.3 is 19.5 Å². The van der Waals surface area contributed by atoms with Crippen LogP contribution in [0.25, 0.3) is 10.9 Å². The Kier molecular flexibility index (Phi) is 6.61. The summed E-state index contributed by atoms with van der Waals surface area (Å²) in [5.74, 6) is 0.0714. The molecule has 1 aromatic heterocycles. The quantitative estimate of drug-likeness (QED) is 0.597. The highest BCUT2D eigenvalue weighted by atomic mass is 35.5. The van der Waals surface area contributed by atoms with Gasteiger partial charge in [0, 0.05) is 48.0 Å². The van der Waals surface area contributed by atoms with E-state index in [9.17, 15) is 14.7 Å². The summed E-state index contributed by atoms with van der Waals surface area (Å²) in [5.41, 5.74) is 2.77. The third kappa shape index (κ3) is 4.44. The number of piperidine rings is 1. The van der Waals surface area contributed by atoms with Crippen molar-refractivity contribution in [2.24, 2.45) is 5.92 Å². The van der Waals surface area contributed by atoms with Crippen LogP contribution in [0.1, 0.15) is 41.7 Å². The van der Waals surface area contributed by atoms with Crippen LogP contribution in [0.5, 0.6) is 0 Å². The van der Waals surface area contributed by atoms with E-state index in [4.69, 9.17) is 11.6 Å². The van der Waals surface area contributed by atoms with E-state index in [-0.39, 0.29) is 30.4 Å². The fourth-order valence-electron chi connectivity index (χ4n) is 5.37. The molecule has 3 heterocycles. The average Bonchev–Trinajstić information content (AvgIpc) is 3.49. The molecular weight excluding hydrogens is 450 g/mol. The first-order valence-corrected chi connectivity index (χ1v) is 12.5. The van der Waals surface area contributed by atoms with Gasteiger partial charge in [0.2, 0.25) is 5.91 Å². The molecule has 3 aromatic rings. The van der Waals surface area contributed by atoms with E-state index in [0.717, 1.165) is 35.9 Å². The zero-order chi connectivity index (χ0) is 23.7. The number of amides is 2.